The van der Waals surface area contributed by atoms with Crippen molar-refractivity contribution < 1.29 is 14.3 Å². The first-order chi connectivity index (χ1) is 12.7. The second-order valence-corrected chi connectivity index (χ2v) is 8.13. The first kappa shape index (κ1) is 20.8. The Kier molecular flexibility index (Phi) is 6.84. The highest BCUT2D eigenvalue weighted by Crippen LogP contribution is 2.27. The number of ether oxygens (including phenoxy) is 1. The third-order valence-corrected chi connectivity index (χ3v) is 4.57. The first-order valence-corrected chi connectivity index (χ1v) is 9.50. The van der Waals surface area contributed by atoms with E-state index in [-0.39, 0.29) is 5.91 Å². The number of nitriles is 1. The molecule has 2 rings (SSSR count). The second-order valence-electron chi connectivity index (χ2n) is 8.13. The predicted octanol–water partition coefficient (Wildman–Crippen LogP) is 3.47. The summed E-state index contributed by atoms with van der Waals surface area (Å²) in [7, 11) is 0. The molecule has 1 aromatic carbocycles. The highest BCUT2D eigenvalue weighted by atomic mass is 16.6. The number of nitrogens with one attached hydrogen (secondary N) is 2. The van der Waals surface area contributed by atoms with Crippen molar-refractivity contribution in [3.05, 3.63) is 35.9 Å². The van der Waals surface area contributed by atoms with Crippen molar-refractivity contribution in [3.8, 4) is 6.07 Å². The van der Waals surface area contributed by atoms with Gasteiger partial charge in [0.2, 0.25) is 5.91 Å². The van der Waals surface area contributed by atoms with Gasteiger partial charge < -0.3 is 15.4 Å². The van der Waals surface area contributed by atoms with E-state index in [0.717, 1.165) is 24.8 Å². The molecule has 0 spiro atoms. The monoisotopic (exact) mass is 371 g/mol. The summed E-state index contributed by atoms with van der Waals surface area (Å²) in [6, 6.07) is 10.9. The Bertz CT molecular complexity index is 683. The summed E-state index contributed by atoms with van der Waals surface area (Å²) in [4.78, 5) is 25.2. The molecule has 0 radical (unpaired) electrons. The quantitative estimate of drug-likeness (QED) is 0.829. The zero-order chi connectivity index (χ0) is 19.9. The molecule has 1 aromatic rings. The number of alkyl carbamates (subject to hydrolysis) is 1. The second kappa shape index (κ2) is 8.90. The number of hydrogen-bond acceptors (Lipinski definition) is 4. The minimum Gasteiger partial charge on any atom is -0.444 e. The smallest absolute Gasteiger partial charge is 0.408 e. The molecule has 27 heavy (non-hydrogen) atoms. The Hall–Kier alpha value is -2.55. The molecule has 6 heteroatoms. The Morgan fingerprint density at radius 3 is 2.37 bits per heavy atom. The number of carbonyl (C=O) groups is 2. The molecule has 0 aromatic heterocycles. The van der Waals surface area contributed by atoms with Gasteiger partial charge >= 0.3 is 6.09 Å². The molecule has 0 heterocycles. The predicted molar refractivity (Wildman–Crippen MR) is 103 cm³/mol. The topological polar surface area (TPSA) is 91.2 Å². The maximum atomic E-state index is 12.9. The van der Waals surface area contributed by atoms with Gasteiger partial charge in [-0.3, -0.25) is 4.79 Å². The highest BCUT2D eigenvalue weighted by molar-refractivity contribution is 5.86. The fraction of sp³-hybridized carbons (Fsp3) is 0.571. The van der Waals surface area contributed by atoms with E-state index in [1.165, 1.54) is 0 Å². The molecule has 1 fully saturated rings. The summed E-state index contributed by atoms with van der Waals surface area (Å²) in [6.45, 7) is 5.31. The first-order valence-electron chi connectivity index (χ1n) is 9.50. The molecule has 1 atom stereocenters. The third-order valence-electron chi connectivity index (χ3n) is 4.57. The van der Waals surface area contributed by atoms with Gasteiger partial charge in [0.15, 0.2) is 0 Å². The van der Waals surface area contributed by atoms with Crippen LogP contribution in [0.2, 0.25) is 0 Å². The zero-order valence-electron chi connectivity index (χ0n) is 16.4. The normalized spacial score (nSPS) is 17.3. The highest BCUT2D eigenvalue weighted by Gasteiger charge is 2.36. The van der Waals surface area contributed by atoms with Crippen LogP contribution >= 0.6 is 0 Å². The van der Waals surface area contributed by atoms with Gasteiger partial charge in [0, 0.05) is 6.42 Å². The molecule has 6 nitrogen and oxygen atoms in total. The van der Waals surface area contributed by atoms with Crippen molar-refractivity contribution in [1.29, 1.82) is 5.26 Å². The van der Waals surface area contributed by atoms with E-state index in [2.05, 4.69) is 16.7 Å². The fourth-order valence-corrected chi connectivity index (χ4v) is 3.25. The average molecular weight is 371 g/mol. The van der Waals surface area contributed by atoms with Crippen molar-refractivity contribution in [1.82, 2.24) is 10.6 Å². The number of hydrogen-bond donors (Lipinski definition) is 2. The molecule has 1 aliphatic carbocycles. The van der Waals surface area contributed by atoms with E-state index < -0.39 is 23.3 Å². The fourth-order valence-electron chi connectivity index (χ4n) is 3.25. The molecule has 0 bridgehead atoms. The summed E-state index contributed by atoms with van der Waals surface area (Å²) < 4.78 is 5.30. The number of nitrogens with zero attached hydrogens (tertiary/aromatic N) is 1. The maximum absolute atomic E-state index is 12.9. The molecule has 146 valence electrons. The minimum atomic E-state index is -0.847. The van der Waals surface area contributed by atoms with E-state index in [9.17, 15) is 14.9 Å². The van der Waals surface area contributed by atoms with Crippen LogP contribution in [0.4, 0.5) is 4.79 Å². The van der Waals surface area contributed by atoms with Crippen molar-refractivity contribution in [2.45, 2.75) is 76.5 Å². The molecular weight excluding hydrogens is 342 g/mol. The lowest BCUT2D eigenvalue weighted by Crippen LogP contribution is -2.56. The zero-order valence-corrected chi connectivity index (χ0v) is 16.4. The van der Waals surface area contributed by atoms with Crippen LogP contribution in [0.1, 0.15) is 58.4 Å². The minimum absolute atomic E-state index is 0.327. The van der Waals surface area contributed by atoms with E-state index in [1.54, 1.807) is 20.8 Å². The Morgan fingerprint density at radius 1 is 1.19 bits per heavy atom. The van der Waals surface area contributed by atoms with Gasteiger partial charge in [-0.2, -0.15) is 5.26 Å². The summed E-state index contributed by atoms with van der Waals surface area (Å²) in [6.07, 6.45) is 3.86. The lowest BCUT2D eigenvalue weighted by Gasteiger charge is -2.33. The van der Waals surface area contributed by atoms with Gasteiger partial charge in [0.25, 0.3) is 0 Å². The standard InChI is InChI=1S/C21H29N3O3/c1-20(2,3)27-19(26)23-17(14-16-10-6-4-7-11-16)18(25)24-21(15-22)12-8-5-9-13-21/h4,6-7,10-11,17H,5,8-9,12-14H2,1-3H3,(H,23,26)(H,24,25)/t17-/m0/s1. The van der Waals surface area contributed by atoms with Crippen LogP contribution in [-0.4, -0.2) is 29.2 Å². The SMILES string of the molecule is CC(C)(C)OC(=O)N[C@@H](Cc1ccccc1)C(=O)NC1(C#N)CCCCC1. The average Bonchev–Trinajstić information content (AvgIpc) is 2.61. The molecular formula is C21H29N3O3. The van der Waals surface area contributed by atoms with E-state index in [1.807, 2.05) is 30.3 Å². The number of carbonyl (C=O) groups excluding carboxylic acids is 2. The van der Waals surface area contributed by atoms with Crippen molar-refractivity contribution in [2.24, 2.45) is 0 Å². The van der Waals surface area contributed by atoms with Gasteiger partial charge in [0.05, 0.1) is 6.07 Å². The van der Waals surface area contributed by atoms with Crippen molar-refractivity contribution in [2.75, 3.05) is 0 Å². The molecule has 0 unspecified atom stereocenters. The van der Waals surface area contributed by atoms with Crippen LogP contribution < -0.4 is 10.6 Å². The van der Waals surface area contributed by atoms with Crippen LogP contribution in [0, 0.1) is 11.3 Å². The van der Waals surface area contributed by atoms with Crippen LogP contribution in [0.3, 0.4) is 0 Å². The van der Waals surface area contributed by atoms with E-state index in [4.69, 9.17) is 4.74 Å². The largest absolute Gasteiger partial charge is 0.444 e. The van der Waals surface area contributed by atoms with Crippen LogP contribution in [-0.2, 0) is 16.0 Å². The Morgan fingerprint density at radius 2 is 1.81 bits per heavy atom. The summed E-state index contributed by atoms with van der Waals surface area (Å²) >= 11 is 0. The molecule has 0 aliphatic heterocycles. The maximum Gasteiger partial charge on any atom is 0.408 e. The van der Waals surface area contributed by atoms with Gasteiger partial charge in [-0.25, -0.2) is 4.79 Å². The van der Waals surface area contributed by atoms with E-state index in [0.29, 0.717) is 19.3 Å². The number of benzene rings is 1. The van der Waals surface area contributed by atoms with Gasteiger partial charge in [-0.1, -0.05) is 49.6 Å². The molecule has 0 saturated heterocycles. The van der Waals surface area contributed by atoms with Gasteiger partial charge in [0.1, 0.15) is 17.2 Å². The lowest BCUT2D eigenvalue weighted by molar-refractivity contribution is -0.124. The van der Waals surface area contributed by atoms with Crippen LogP contribution in [0.5, 0.6) is 0 Å². The van der Waals surface area contributed by atoms with Crippen LogP contribution in [0.15, 0.2) is 30.3 Å². The molecule has 2 N–H and O–H groups in total. The van der Waals surface area contributed by atoms with E-state index >= 15 is 0 Å². The number of amides is 2. The molecule has 1 saturated carbocycles. The summed E-state index contributed by atoms with van der Waals surface area (Å²) in [5, 5.41) is 15.2. The van der Waals surface area contributed by atoms with Crippen LogP contribution in [0.25, 0.3) is 0 Å². The number of rotatable bonds is 5. The lowest BCUT2D eigenvalue weighted by atomic mass is 9.82. The van der Waals surface area contributed by atoms with Crippen molar-refractivity contribution >= 4 is 12.0 Å². The third kappa shape index (κ3) is 6.59. The Labute approximate surface area is 161 Å². The van der Waals surface area contributed by atoms with Gasteiger partial charge in [-0.05, 0) is 39.2 Å². The molecule has 1 aliphatic rings. The summed E-state index contributed by atoms with van der Waals surface area (Å²) in [5.74, 6) is -0.354. The van der Waals surface area contributed by atoms with Gasteiger partial charge in [-0.15, -0.1) is 0 Å². The van der Waals surface area contributed by atoms with Crippen molar-refractivity contribution in [3.63, 3.8) is 0 Å². The Balaban J connectivity index is 2.13. The molecule has 2 amide bonds. The summed E-state index contributed by atoms with van der Waals surface area (Å²) in [5.41, 5.74) is -0.585.